The van der Waals surface area contributed by atoms with Crippen molar-refractivity contribution in [1.29, 1.82) is 0 Å². The van der Waals surface area contributed by atoms with Crippen molar-refractivity contribution < 1.29 is 19.7 Å². The lowest BCUT2D eigenvalue weighted by Gasteiger charge is -2.73. The molecular weight excluding hydrogens is 342 g/mol. The number of aliphatic hydroxyl groups is 1. The first-order chi connectivity index (χ1) is 12.8. The Labute approximate surface area is 160 Å². The highest BCUT2D eigenvalue weighted by Crippen LogP contribution is 2.76. The van der Waals surface area contributed by atoms with Crippen molar-refractivity contribution in [3.05, 3.63) is 23.3 Å². The minimum atomic E-state index is -0.847. The molecule has 4 aliphatic carbocycles. The minimum Gasteiger partial charge on any atom is -0.504 e. The molecule has 4 fully saturated rings. The number of hydrogen-bond donors (Lipinski definition) is 3. The Balaban J connectivity index is 1.69. The lowest BCUT2D eigenvalue weighted by molar-refractivity contribution is -0.289. The summed E-state index contributed by atoms with van der Waals surface area (Å²) in [5.74, 6) is 0.930. The summed E-state index contributed by atoms with van der Waals surface area (Å²) >= 11 is 0. The van der Waals surface area contributed by atoms with E-state index in [2.05, 4.69) is 11.4 Å². The molecule has 1 aromatic rings. The highest BCUT2D eigenvalue weighted by Gasteiger charge is 2.80. The van der Waals surface area contributed by atoms with Gasteiger partial charge in [-0.3, -0.25) is 0 Å². The standard InChI is InChI=1S/C22H29NO4/c1-19(2,25)14-11-20-6-7-22(14,26-3)18-21(20)8-9-23-15(20)10-12-4-5-13(24)17(27-18)16(12)21/h4-5,14-15,18,23-25H,6-11H2,1-3H3/t14-,15?,18?,20-,21?,22-/m1/s1. The van der Waals surface area contributed by atoms with Crippen LogP contribution in [0.15, 0.2) is 12.1 Å². The summed E-state index contributed by atoms with van der Waals surface area (Å²) in [6.07, 6.45) is 4.74. The number of nitrogens with one attached hydrogen (secondary N) is 1. The van der Waals surface area contributed by atoms with E-state index in [9.17, 15) is 10.2 Å². The molecule has 5 heteroatoms. The van der Waals surface area contributed by atoms with Crippen molar-refractivity contribution in [2.45, 2.75) is 74.7 Å². The molecule has 1 saturated heterocycles. The highest BCUT2D eigenvalue weighted by atomic mass is 16.6. The molecule has 3 N–H and O–H groups in total. The average Bonchev–Trinajstić information content (AvgIpc) is 2.99. The SMILES string of the molecule is CO[C@]12CC[C@@]3(C[C@@H]1C(C)(C)O)C1Cc4ccc(O)c5c4C3(CCN1)C2O5. The fraction of sp³-hybridized carbons (Fsp3) is 0.727. The van der Waals surface area contributed by atoms with Crippen molar-refractivity contribution >= 4 is 0 Å². The second kappa shape index (κ2) is 4.64. The number of rotatable bonds is 2. The number of benzene rings is 1. The van der Waals surface area contributed by atoms with Gasteiger partial charge in [0.25, 0.3) is 0 Å². The molecule has 2 aliphatic heterocycles. The lowest BCUT2D eigenvalue weighted by Crippen LogP contribution is -2.82. The molecule has 6 aliphatic rings. The first kappa shape index (κ1) is 16.6. The van der Waals surface area contributed by atoms with E-state index < -0.39 is 11.2 Å². The van der Waals surface area contributed by atoms with Gasteiger partial charge in [0, 0.05) is 35.5 Å². The van der Waals surface area contributed by atoms with E-state index >= 15 is 0 Å². The summed E-state index contributed by atoms with van der Waals surface area (Å²) in [6.45, 7) is 4.80. The van der Waals surface area contributed by atoms with Crippen molar-refractivity contribution in [3.63, 3.8) is 0 Å². The molecular formula is C22H29NO4. The Hall–Kier alpha value is -1.30. The second-order valence-corrected chi connectivity index (χ2v) is 10.1. The third-order valence-electron chi connectivity index (χ3n) is 9.04. The summed E-state index contributed by atoms with van der Waals surface area (Å²) in [5, 5.41) is 25.6. The van der Waals surface area contributed by atoms with E-state index in [1.165, 1.54) is 11.1 Å². The van der Waals surface area contributed by atoms with Gasteiger partial charge in [0.05, 0.1) is 5.60 Å². The quantitative estimate of drug-likeness (QED) is 0.744. The zero-order valence-electron chi connectivity index (χ0n) is 16.3. The lowest BCUT2D eigenvalue weighted by atomic mass is 9.34. The maximum Gasteiger partial charge on any atom is 0.165 e. The largest absolute Gasteiger partial charge is 0.504 e. The van der Waals surface area contributed by atoms with Crippen molar-refractivity contribution in [1.82, 2.24) is 5.32 Å². The number of aromatic hydroxyl groups is 1. The van der Waals surface area contributed by atoms with Crippen LogP contribution < -0.4 is 10.1 Å². The van der Waals surface area contributed by atoms with Crippen LogP contribution in [0.5, 0.6) is 11.5 Å². The van der Waals surface area contributed by atoms with Gasteiger partial charge in [-0.15, -0.1) is 0 Å². The molecule has 0 radical (unpaired) electrons. The number of piperidine rings is 1. The predicted octanol–water partition coefficient (Wildman–Crippen LogP) is 2.27. The zero-order valence-corrected chi connectivity index (χ0v) is 16.3. The van der Waals surface area contributed by atoms with E-state index in [0.29, 0.717) is 11.8 Å². The van der Waals surface area contributed by atoms with Gasteiger partial charge in [0.2, 0.25) is 0 Å². The Morgan fingerprint density at radius 2 is 2.07 bits per heavy atom. The van der Waals surface area contributed by atoms with Crippen molar-refractivity contribution in [2.75, 3.05) is 13.7 Å². The molecule has 2 heterocycles. The molecule has 146 valence electrons. The third kappa shape index (κ3) is 1.55. The number of methoxy groups -OCH3 is 1. The summed E-state index contributed by atoms with van der Waals surface area (Å²) in [6, 6.07) is 4.26. The van der Waals surface area contributed by atoms with Crippen LogP contribution in [0, 0.1) is 11.3 Å². The second-order valence-electron chi connectivity index (χ2n) is 10.1. The smallest absolute Gasteiger partial charge is 0.165 e. The van der Waals surface area contributed by atoms with Gasteiger partial charge in [-0.2, -0.15) is 0 Å². The number of phenols is 1. The molecule has 2 spiro atoms. The minimum absolute atomic E-state index is 0.00211. The molecule has 1 aromatic carbocycles. The molecule has 0 aromatic heterocycles. The van der Waals surface area contributed by atoms with E-state index in [-0.39, 0.29) is 28.6 Å². The topological polar surface area (TPSA) is 71.0 Å². The van der Waals surface area contributed by atoms with Crippen LogP contribution in [0.25, 0.3) is 0 Å². The van der Waals surface area contributed by atoms with Crippen LogP contribution in [-0.2, 0) is 16.6 Å². The van der Waals surface area contributed by atoms with Crippen molar-refractivity contribution in [3.8, 4) is 11.5 Å². The van der Waals surface area contributed by atoms with Gasteiger partial charge >= 0.3 is 0 Å². The molecule has 0 amide bonds. The Morgan fingerprint density at radius 1 is 1.26 bits per heavy atom. The van der Waals surface area contributed by atoms with Gasteiger partial charge < -0.3 is 25.0 Å². The monoisotopic (exact) mass is 371 g/mol. The Morgan fingerprint density at radius 3 is 2.81 bits per heavy atom. The molecule has 6 atom stereocenters. The average molecular weight is 371 g/mol. The highest BCUT2D eigenvalue weighted by molar-refractivity contribution is 5.63. The Bertz CT molecular complexity index is 847. The summed E-state index contributed by atoms with van der Waals surface area (Å²) in [5.41, 5.74) is 1.11. The predicted molar refractivity (Wildman–Crippen MR) is 100 cm³/mol. The van der Waals surface area contributed by atoms with Crippen LogP contribution in [0.1, 0.15) is 50.7 Å². The van der Waals surface area contributed by atoms with Crippen LogP contribution in [0.3, 0.4) is 0 Å². The van der Waals surface area contributed by atoms with Crippen molar-refractivity contribution in [2.24, 2.45) is 11.3 Å². The maximum absolute atomic E-state index is 11.1. The van der Waals surface area contributed by atoms with Gasteiger partial charge in [0.1, 0.15) is 11.7 Å². The van der Waals surface area contributed by atoms with E-state index in [0.717, 1.165) is 38.6 Å². The van der Waals surface area contributed by atoms with Gasteiger partial charge in [0.15, 0.2) is 11.5 Å². The molecule has 3 unspecified atom stereocenters. The number of ether oxygens (including phenoxy) is 2. The van der Waals surface area contributed by atoms with Gasteiger partial charge in [-0.1, -0.05) is 6.07 Å². The van der Waals surface area contributed by atoms with Crippen LogP contribution in [-0.4, -0.2) is 47.2 Å². The molecule has 7 rings (SSSR count). The van der Waals surface area contributed by atoms with Gasteiger partial charge in [-0.05, 0) is 64.1 Å². The van der Waals surface area contributed by atoms with E-state index in [1.807, 2.05) is 13.8 Å². The van der Waals surface area contributed by atoms with Crippen LogP contribution >= 0.6 is 0 Å². The first-order valence-corrected chi connectivity index (χ1v) is 10.3. The Kier molecular flexibility index (Phi) is 2.86. The number of phenolic OH excluding ortho intramolecular Hbond substituents is 1. The summed E-state index contributed by atoms with van der Waals surface area (Å²) < 4.78 is 12.9. The summed E-state index contributed by atoms with van der Waals surface area (Å²) in [7, 11) is 1.78. The number of hydrogen-bond acceptors (Lipinski definition) is 5. The van der Waals surface area contributed by atoms with Crippen LogP contribution in [0.2, 0.25) is 0 Å². The zero-order chi connectivity index (χ0) is 18.8. The van der Waals surface area contributed by atoms with Crippen LogP contribution in [0.4, 0.5) is 0 Å². The molecule has 4 bridgehead atoms. The normalized spacial score (nSPS) is 46.1. The van der Waals surface area contributed by atoms with Gasteiger partial charge in [-0.25, -0.2) is 0 Å². The van der Waals surface area contributed by atoms with E-state index in [1.54, 1.807) is 13.2 Å². The first-order valence-electron chi connectivity index (χ1n) is 10.3. The number of fused-ring (bicyclic) bond motifs is 2. The fourth-order valence-electron chi connectivity index (χ4n) is 8.18. The molecule has 5 nitrogen and oxygen atoms in total. The molecule has 3 saturated carbocycles. The molecule has 27 heavy (non-hydrogen) atoms. The fourth-order valence-corrected chi connectivity index (χ4v) is 8.18. The van der Waals surface area contributed by atoms with E-state index in [4.69, 9.17) is 9.47 Å². The maximum atomic E-state index is 11.1. The third-order valence-corrected chi connectivity index (χ3v) is 9.04. The summed E-state index contributed by atoms with van der Waals surface area (Å²) in [4.78, 5) is 0.